The summed E-state index contributed by atoms with van der Waals surface area (Å²) in [4.78, 5) is 15.6. The van der Waals surface area contributed by atoms with Crippen molar-refractivity contribution in [2.75, 3.05) is 23.3 Å². The SMILES string of the molecule is N#Cc1ccc(Cl)cc1NC(=O)c1cc(N2CCCCC2)ccc1OCc1ccccc1. The zero-order valence-electron chi connectivity index (χ0n) is 17.7. The fraction of sp³-hybridized carbons (Fsp3) is 0.231. The molecular weight excluding hydrogens is 422 g/mol. The highest BCUT2D eigenvalue weighted by atomic mass is 35.5. The number of carbonyl (C=O) groups is 1. The van der Waals surface area contributed by atoms with Crippen molar-refractivity contribution in [3.8, 4) is 11.8 Å². The van der Waals surface area contributed by atoms with Gasteiger partial charge in [0.1, 0.15) is 18.4 Å². The van der Waals surface area contributed by atoms with E-state index in [0.29, 0.717) is 34.2 Å². The van der Waals surface area contributed by atoms with Gasteiger partial charge in [0.05, 0.1) is 16.8 Å². The first-order valence-corrected chi connectivity index (χ1v) is 11.1. The molecule has 162 valence electrons. The Morgan fingerprint density at radius 1 is 1.03 bits per heavy atom. The zero-order chi connectivity index (χ0) is 22.3. The summed E-state index contributed by atoms with van der Waals surface area (Å²) in [5.74, 6) is 0.151. The molecule has 0 saturated carbocycles. The maximum absolute atomic E-state index is 13.3. The van der Waals surface area contributed by atoms with Crippen molar-refractivity contribution in [1.82, 2.24) is 0 Å². The molecule has 3 aromatic carbocycles. The van der Waals surface area contributed by atoms with Gasteiger partial charge in [-0.2, -0.15) is 5.26 Å². The molecule has 0 spiro atoms. The number of anilines is 2. The van der Waals surface area contributed by atoms with E-state index < -0.39 is 0 Å². The number of carbonyl (C=O) groups excluding carboxylic acids is 1. The molecule has 0 aromatic heterocycles. The molecule has 32 heavy (non-hydrogen) atoms. The summed E-state index contributed by atoms with van der Waals surface area (Å²) < 4.78 is 6.03. The number of rotatable bonds is 6. The molecule has 1 aliphatic heterocycles. The van der Waals surface area contributed by atoms with Gasteiger partial charge in [-0.3, -0.25) is 4.79 Å². The lowest BCUT2D eigenvalue weighted by atomic mass is 10.1. The zero-order valence-corrected chi connectivity index (χ0v) is 18.4. The summed E-state index contributed by atoms with van der Waals surface area (Å²) in [6.07, 6.45) is 3.51. The van der Waals surface area contributed by atoms with E-state index in [-0.39, 0.29) is 5.91 Å². The molecule has 1 amide bonds. The summed E-state index contributed by atoms with van der Waals surface area (Å²) >= 11 is 6.09. The monoisotopic (exact) mass is 445 g/mol. The number of nitrogens with one attached hydrogen (secondary N) is 1. The molecule has 0 atom stereocenters. The van der Waals surface area contributed by atoms with Gasteiger partial charge in [-0.15, -0.1) is 0 Å². The topological polar surface area (TPSA) is 65.4 Å². The summed E-state index contributed by atoms with van der Waals surface area (Å²) in [7, 11) is 0. The molecule has 1 saturated heterocycles. The number of piperidine rings is 1. The molecular formula is C26H24ClN3O2. The maximum Gasteiger partial charge on any atom is 0.259 e. The van der Waals surface area contributed by atoms with Crippen LogP contribution in [-0.4, -0.2) is 19.0 Å². The van der Waals surface area contributed by atoms with Gasteiger partial charge in [-0.25, -0.2) is 0 Å². The van der Waals surface area contributed by atoms with Crippen LogP contribution in [-0.2, 0) is 6.61 Å². The Labute approximate surface area is 193 Å². The van der Waals surface area contributed by atoms with Crippen LogP contribution < -0.4 is 15.0 Å². The van der Waals surface area contributed by atoms with Gasteiger partial charge in [-0.05, 0) is 61.2 Å². The highest BCUT2D eigenvalue weighted by Crippen LogP contribution is 2.29. The second kappa shape index (κ2) is 10.2. The quantitative estimate of drug-likeness (QED) is 0.502. The number of hydrogen-bond acceptors (Lipinski definition) is 4. The van der Waals surface area contributed by atoms with Gasteiger partial charge in [0.25, 0.3) is 5.91 Å². The Balaban J connectivity index is 1.63. The first kappa shape index (κ1) is 21.7. The van der Waals surface area contributed by atoms with E-state index in [1.54, 1.807) is 18.2 Å². The molecule has 6 heteroatoms. The number of nitrogens with zero attached hydrogens (tertiary/aromatic N) is 2. The summed E-state index contributed by atoms with van der Waals surface area (Å²) in [5, 5.41) is 12.7. The van der Waals surface area contributed by atoms with E-state index in [4.69, 9.17) is 16.3 Å². The fourth-order valence-electron chi connectivity index (χ4n) is 3.81. The van der Waals surface area contributed by atoms with Gasteiger partial charge in [0.15, 0.2) is 0 Å². The van der Waals surface area contributed by atoms with Crippen LogP contribution in [0.25, 0.3) is 0 Å². The Hall–Kier alpha value is -3.49. The van der Waals surface area contributed by atoms with Crippen LogP contribution in [0.1, 0.15) is 40.7 Å². The van der Waals surface area contributed by atoms with E-state index in [1.165, 1.54) is 6.42 Å². The van der Waals surface area contributed by atoms with E-state index in [0.717, 1.165) is 37.2 Å². The lowest BCUT2D eigenvalue weighted by molar-refractivity contribution is 0.102. The molecule has 0 radical (unpaired) electrons. The summed E-state index contributed by atoms with van der Waals surface area (Å²) in [6, 6.07) is 22.4. The number of nitriles is 1. The van der Waals surface area contributed by atoms with Crippen LogP contribution >= 0.6 is 11.6 Å². The number of hydrogen-bond donors (Lipinski definition) is 1. The van der Waals surface area contributed by atoms with Gasteiger partial charge in [0.2, 0.25) is 0 Å². The van der Waals surface area contributed by atoms with Crippen molar-refractivity contribution >= 4 is 28.9 Å². The normalized spacial score (nSPS) is 13.3. The van der Waals surface area contributed by atoms with Crippen LogP contribution in [0.4, 0.5) is 11.4 Å². The van der Waals surface area contributed by atoms with Crippen LogP contribution in [0, 0.1) is 11.3 Å². The minimum absolute atomic E-state index is 0.342. The van der Waals surface area contributed by atoms with Gasteiger partial charge in [-0.1, -0.05) is 41.9 Å². The molecule has 1 aliphatic rings. The van der Waals surface area contributed by atoms with E-state index in [1.807, 2.05) is 48.5 Å². The highest BCUT2D eigenvalue weighted by Gasteiger charge is 2.19. The van der Waals surface area contributed by atoms with Crippen LogP contribution in [0.5, 0.6) is 5.75 Å². The highest BCUT2D eigenvalue weighted by molar-refractivity contribution is 6.31. The molecule has 0 unspecified atom stereocenters. The second-order valence-corrected chi connectivity index (χ2v) is 8.19. The van der Waals surface area contributed by atoms with Crippen molar-refractivity contribution in [3.05, 3.63) is 88.4 Å². The van der Waals surface area contributed by atoms with Crippen molar-refractivity contribution in [2.45, 2.75) is 25.9 Å². The molecule has 1 N–H and O–H groups in total. The first-order chi connectivity index (χ1) is 15.6. The van der Waals surface area contributed by atoms with Gasteiger partial charge >= 0.3 is 0 Å². The Morgan fingerprint density at radius 2 is 1.81 bits per heavy atom. The minimum Gasteiger partial charge on any atom is -0.488 e. The fourth-order valence-corrected chi connectivity index (χ4v) is 3.98. The average Bonchev–Trinajstić information content (AvgIpc) is 2.84. The van der Waals surface area contributed by atoms with Crippen molar-refractivity contribution in [2.24, 2.45) is 0 Å². The third-order valence-electron chi connectivity index (χ3n) is 5.52. The van der Waals surface area contributed by atoms with Crippen molar-refractivity contribution in [1.29, 1.82) is 5.26 Å². The minimum atomic E-state index is -0.342. The number of amides is 1. The van der Waals surface area contributed by atoms with E-state index in [9.17, 15) is 10.1 Å². The van der Waals surface area contributed by atoms with E-state index in [2.05, 4.69) is 16.3 Å². The average molecular weight is 446 g/mol. The largest absolute Gasteiger partial charge is 0.488 e. The molecule has 1 heterocycles. The molecule has 5 nitrogen and oxygen atoms in total. The Morgan fingerprint density at radius 3 is 2.56 bits per heavy atom. The second-order valence-electron chi connectivity index (χ2n) is 7.76. The van der Waals surface area contributed by atoms with E-state index >= 15 is 0 Å². The predicted octanol–water partition coefficient (Wildman–Crippen LogP) is 6.03. The lowest BCUT2D eigenvalue weighted by Gasteiger charge is -2.29. The molecule has 0 bridgehead atoms. The molecule has 4 rings (SSSR count). The smallest absolute Gasteiger partial charge is 0.259 e. The van der Waals surface area contributed by atoms with Gasteiger partial charge < -0.3 is 15.0 Å². The predicted molar refractivity (Wildman–Crippen MR) is 127 cm³/mol. The number of ether oxygens (including phenoxy) is 1. The molecule has 3 aromatic rings. The van der Waals surface area contributed by atoms with Crippen LogP contribution in [0.15, 0.2) is 66.7 Å². The summed E-state index contributed by atoms with van der Waals surface area (Å²) in [6.45, 7) is 2.29. The van der Waals surface area contributed by atoms with Gasteiger partial charge in [0, 0.05) is 23.8 Å². The number of benzene rings is 3. The lowest BCUT2D eigenvalue weighted by Crippen LogP contribution is -2.29. The third kappa shape index (κ3) is 5.22. The maximum atomic E-state index is 13.3. The Bertz CT molecular complexity index is 1140. The summed E-state index contributed by atoms with van der Waals surface area (Å²) in [5.41, 5.74) is 3.16. The van der Waals surface area contributed by atoms with Crippen LogP contribution in [0.2, 0.25) is 5.02 Å². The molecule has 0 aliphatic carbocycles. The van der Waals surface area contributed by atoms with Crippen molar-refractivity contribution < 1.29 is 9.53 Å². The molecule has 1 fully saturated rings. The number of halogens is 1. The first-order valence-electron chi connectivity index (χ1n) is 10.7. The Kier molecular flexibility index (Phi) is 6.94. The standard InChI is InChI=1S/C26H24ClN3O2/c27-21-10-9-20(17-28)24(15-21)29-26(31)23-16-22(30-13-5-2-6-14-30)11-12-25(23)32-18-19-7-3-1-4-8-19/h1,3-4,7-12,15-16H,2,5-6,13-14,18H2,(H,29,31). The van der Waals surface area contributed by atoms with Crippen LogP contribution in [0.3, 0.4) is 0 Å². The third-order valence-corrected chi connectivity index (χ3v) is 5.75. The van der Waals surface area contributed by atoms with Crippen molar-refractivity contribution in [3.63, 3.8) is 0 Å².